The number of piperazine rings is 1. The lowest BCUT2D eigenvalue weighted by atomic mass is 10.0. The molecule has 2 N–H and O–H groups in total. The van der Waals surface area contributed by atoms with Gasteiger partial charge in [0.05, 0.1) is 0 Å². The molecule has 0 aliphatic carbocycles. The largest absolute Gasteiger partial charge is 0.347 e. The zero-order chi connectivity index (χ0) is 25.8. The minimum absolute atomic E-state index is 0.571. The molecule has 194 valence electrons. The summed E-state index contributed by atoms with van der Waals surface area (Å²) in [6.07, 6.45) is 4.70. The third kappa shape index (κ3) is 6.05. The highest BCUT2D eigenvalue weighted by Gasteiger charge is 2.20. The lowest BCUT2D eigenvalue weighted by Gasteiger charge is -2.35. The zero-order valence-corrected chi connectivity index (χ0v) is 23.1. The van der Waals surface area contributed by atoms with Crippen LogP contribution in [0.15, 0.2) is 66.9 Å². The molecule has 4 aromatic rings. The molecule has 1 aromatic heterocycles. The Morgan fingerprint density at radius 3 is 2.11 bits per heavy atom. The van der Waals surface area contributed by atoms with E-state index in [1.165, 1.54) is 40.4 Å². The highest BCUT2D eigenvalue weighted by molar-refractivity contribution is 6.35. The first kappa shape index (κ1) is 26.3. The van der Waals surface area contributed by atoms with Gasteiger partial charge in [0.25, 0.3) is 0 Å². The first-order chi connectivity index (χ1) is 18.1. The summed E-state index contributed by atoms with van der Waals surface area (Å²) in [6.45, 7) is 9.71. The quantitative estimate of drug-likeness (QED) is 0.247. The second-order valence-corrected chi connectivity index (χ2v) is 10.9. The van der Waals surface area contributed by atoms with E-state index in [9.17, 15) is 0 Å². The molecule has 2 heterocycles. The fourth-order valence-corrected chi connectivity index (χ4v) is 5.79. The molecule has 6 heteroatoms. The van der Waals surface area contributed by atoms with E-state index in [1.54, 1.807) is 0 Å². The van der Waals surface area contributed by atoms with Crippen molar-refractivity contribution in [3.05, 3.63) is 93.6 Å². The number of hydrogen-bond acceptors (Lipinski definition) is 3. The molecule has 0 unspecified atom stereocenters. The molecule has 1 aliphatic rings. The van der Waals surface area contributed by atoms with Crippen molar-refractivity contribution in [2.45, 2.75) is 45.9 Å². The van der Waals surface area contributed by atoms with Gasteiger partial charge in [-0.05, 0) is 47.4 Å². The number of benzene rings is 3. The van der Waals surface area contributed by atoms with Gasteiger partial charge in [-0.3, -0.25) is 9.80 Å². The highest BCUT2D eigenvalue weighted by atomic mass is 35.5. The van der Waals surface area contributed by atoms with Gasteiger partial charge in [0, 0.05) is 90.6 Å². The van der Waals surface area contributed by atoms with Crippen LogP contribution in [0.1, 0.15) is 36.5 Å². The van der Waals surface area contributed by atoms with Crippen LogP contribution in [-0.4, -0.2) is 40.5 Å². The molecule has 0 spiro atoms. The van der Waals surface area contributed by atoms with Gasteiger partial charge in [0.15, 0.2) is 0 Å². The Balaban J connectivity index is 1.31. The van der Waals surface area contributed by atoms with Crippen LogP contribution < -0.4 is 5.73 Å². The van der Waals surface area contributed by atoms with Crippen LogP contribution >= 0.6 is 23.2 Å². The summed E-state index contributed by atoms with van der Waals surface area (Å²) >= 11 is 12.8. The normalized spacial score (nSPS) is 15.0. The van der Waals surface area contributed by atoms with E-state index in [0.717, 1.165) is 67.0 Å². The molecule has 1 saturated heterocycles. The maximum atomic E-state index is 6.41. The summed E-state index contributed by atoms with van der Waals surface area (Å²) < 4.78 is 2.42. The third-order valence-corrected chi connectivity index (χ3v) is 8.22. The van der Waals surface area contributed by atoms with Gasteiger partial charge in [-0.15, -0.1) is 0 Å². The number of aryl methyl sites for hydroxylation is 1. The Bertz CT molecular complexity index is 1320. The first-order valence-corrected chi connectivity index (χ1v) is 14.1. The number of unbranched alkanes of at least 4 members (excludes halogenated alkanes) is 1. The van der Waals surface area contributed by atoms with Crippen molar-refractivity contribution in [1.29, 1.82) is 0 Å². The SMILES string of the molecule is CCCCn1cc(-c2ccc(CN)cc2)c2cc(CN3CCN(Cc4c(Cl)cccc4Cl)CC3)ccc21. The van der Waals surface area contributed by atoms with Gasteiger partial charge in [-0.25, -0.2) is 0 Å². The van der Waals surface area contributed by atoms with Crippen LogP contribution in [0.5, 0.6) is 0 Å². The van der Waals surface area contributed by atoms with Crippen molar-refractivity contribution < 1.29 is 0 Å². The minimum Gasteiger partial charge on any atom is -0.347 e. The maximum absolute atomic E-state index is 6.41. The van der Waals surface area contributed by atoms with E-state index in [0.29, 0.717) is 6.54 Å². The summed E-state index contributed by atoms with van der Waals surface area (Å²) in [5, 5.41) is 2.84. The Morgan fingerprint density at radius 2 is 1.46 bits per heavy atom. The number of halogens is 2. The van der Waals surface area contributed by atoms with Crippen LogP contribution in [0.2, 0.25) is 10.0 Å². The lowest BCUT2D eigenvalue weighted by Crippen LogP contribution is -2.45. The van der Waals surface area contributed by atoms with Gasteiger partial charge in [-0.2, -0.15) is 0 Å². The second-order valence-electron chi connectivity index (χ2n) is 10.1. The molecule has 0 atom stereocenters. The molecule has 37 heavy (non-hydrogen) atoms. The Labute approximate surface area is 230 Å². The summed E-state index contributed by atoms with van der Waals surface area (Å²) in [4.78, 5) is 5.00. The zero-order valence-electron chi connectivity index (χ0n) is 21.6. The van der Waals surface area contributed by atoms with Crippen molar-refractivity contribution >= 4 is 34.1 Å². The van der Waals surface area contributed by atoms with E-state index < -0.39 is 0 Å². The average Bonchev–Trinajstić information content (AvgIpc) is 3.28. The fraction of sp³-hybridized carbons (Fsp3) is 0.355. The van der Waals surface area contributed by atoms with E-state index in [1.807, 2.05) is 18.2 Å². The van der Waals surface area contributed by atoms with Crippen molar-refractivity contribution in [2.24, 2.45) is 5.73 Å². The van der Waals surface area contributed by atoms with Crippen LogP contribution in [0, 0.1) is 0 Å². The molecule has 1 aliphatic heterocycles. The summed E-state index contributed by atoms with van der Waals surface area (Å²) in [5.74, 6) is 0. The average molecular weight is 536 g/mol. The smallest absolute Gasteiger partial charge is 0.0486 e. The summed E-state index contributed by atoms with van der Waals surface area (Å²) in [6, 6.07) is 21.5. The van der Waals surface area contributed by atoms with Crippen LogP contribution in [-0.2, 0) is 26.2 Å². The Kier molecular flexibility index (Phi) is 8.53. The van der Waals surface area contributed by atoms with Crippen molar-refractivity contribution in [3.8, 4) is 11.1 Å². The number of nitrogens with two attached hydrogens (primary N) is 1. The van der Waals surface area contributed by atoms with Gasteiger partial charge < -0.3 is 10.3 Å². The first-order valence-electron chi connectivity index (χ1n) is 13.3. The number of rotatable bonds is 9. The predicted molar refractivity (Wildman–Crippen MR) is 157 cm³/mol. The topological polar surface area (TPSA) is 37.4 Å². The van der Waals surface area contributed by atoms with E-state index in [-0.39, 0.29) is 0 Å². The van der Waals surface area contributed by atoms with E-state index in [4.69, 9.17) is 28.9 Å². The summed E-state index contributed by atoms with van der Waals surface area (Å²) in [7, 11) is 0. The Hall–Kier alpha value is -2.34. The van der Waals surface area contributed by atoms with Crippen molar-refractivity contribution in [3.63, 3.8) is 0 Å². The highest BCUT2D eigenvalue weighted by Crippen LogP contribution is 2.33. The predicted octanol–water partition coefficient (Wildman–Crippen LogP) is 7.19. The van der Waals surface area contributed by atoms with Crippen LogP contribution in [0.4, 0.5) is 0 Å². The van der Waals surface area contributed by atoms with Crippen LogP contribution in [0.25, 0.3) is 22.0 Å². The molecular formula is C31H36Cl2N4. The number of nitrogens with zero attached hydrogens (tertiary/aromatic N) is 3. The van der Waals surface area contributed by atoms with Crippen molar-refractivity contribution in [2.75, 3.05) is 26.2 Å². The van der Waals surface area contributed by atoms with E-state index in [2.05, 4.69) is 70.0 Å². The molecule has 1 fully saturated rings. The molecule has 0 amide bonds. The monoisotopic (exact) mass is 534 g/mol. The molecule has 3 aromatic carbocycles. The van der Waals surface area contributed by atoms with Gasteiger partial charge in [0.1, 0.15) is 0 Å². The fourth-order valence-electron chi connectivity index (χ4n) is 5.28. The van der Waals surface area contributed by atoms with E-state index >= 15 is 0 Å². The summed E-state index contributed by atoms with van der Waals surface area (Å²) in [5.41, 5.74) is 13.3. The number of aromatic nitrogens is 1. The minimum atomic E-state index is 0.571. The van der Waals surface area contributed by atoms with Crippen LogP contribution in [0.3, 0.4) is 0 Å². The third-order valence-electron chi connectivity index (χ3n) is 7.51. The lowest BCUT2D eigenvalue weighted by molar-refractivity contribution is 0.122. The number of fused-ring (bicyclic) bond motifs is 1. The van der Waals surface area contributed by atoms with Gasteiger partial charge >= 0.3 is 0 Å². The van der Waals surface area contributed by atoms with Gasteiger partial charge in [0.2, 0.25) is 0 Å². The standard InChI is InChI=1S/C31H36Cl2N4/c1-2-3-13-37-22-27(25-10-7-23(19-34)8-11-25)26-18-24(9-12-31(26)37)20-35-14-16-36(17-15-35)21-28-29(32)5-4-6-30(28)33/h4-12,18,22H,2-3,13-17,19-21,34H2,1H3. The second kappa shape index (κ2) is 12.0. The molecule has 5 rings (SSSR count). The van der Waals surface area contributed by atoms with Crippen molar-refractivity contribution in [1.82, 2.24) is 14.4 Å². The number of hydrogen-bond donors (Lipinski definition) is 1. The molecule has 0 bridgehead atoms. The Morgan fingerprint density at radius 1 is 0.811 bits per heavy atom. The molecule has 0 saturated carbocycles. The van der Waals surface area contributed by atoms with Gasteiger partial charge in [-0.1, -0.05) is 72.9 Å². The molecule has 4 nitrogen and oxygen atoms in total. The molecule has 0 radical (unpaired) electrons. The molecular weight excluding hydrogens is 499 g/mol. The maximum Gasteiger partial charge on any atom is 0.0486 e.